The summed E-state index contributed by atoms with van der Waals surface area (Å²) in [4.78, 5) is 17.8. The maximum absolute atomic E-state index is 11.2. The summed E-state index contributed by atoms with van der Waals surface area (Å²) >= 11 is 0. The van der Waals surface area contributed by atoms with Gasteiger partial charge in [0.25, 0.3) is 5.91 Å². The molecule has 0 bridgehead atoms. The predicted molar refractivity (Wildman–Crippen MR) is 38.1 cm³/mol. The molecule has 4 nitrogen and oxygen atoms in total. The number of hydrogen-bond donors (Lipinski definition) is 2. The van der Waals surface area contributed by atoms with Gasteiger partial charge in [-0.2, -0.15) is 0 Å². The summed E-state index contributed by atoms with van der Waals surface area (Å²) in [5.74, 6) is -0.0637. The number of hydrogen-bond acceptors (Lipinski definition) is 2. The van der Waals surface area contributed by atoms with Crippen LogP contribution in [0.3, 0.4) is 0 Å². The zero-order chi connectivity index (χ0) is 7.68. The highest BCUT2D eigenvalue weighted by Gasteiger charge is 2.16. The Labute approximate surface area is 64.0 Å². The molecule has 0 fully saturated rings. The van der Waals surface area contributed by atoms with Crippen molar-refractivity contribution in [3.63, 3.8) is 0 Å². The van der Waals surface area contributed by atoms with Crippen LogP contribution in [0.5, 0.6) is 0 Å². The van der Waals surface area contributed by atoms with E-state index in [9.17, 15) is 4.79 Å². The van der Waals surface area contributed by atoms with Gasteiger partial charge in [-0.3, -0.25) is 4.79 Å². The Hall–Kier alpha value is -1.32. The number of rotatable bonds is 0. The summed E-state index contributed by atoms with van der Waals surface area (Å²) in [6.07, 6.45) is 4.37. The maximum atomic E-state index is 11.2. The Bertz CT molecular complexity index is 279. The third-order valence-electron chi connectivity index (χ3n) is 1.76. The number of carbonyl (C=O) groups is 1. The Balaban J connectivity index is 2.41. The monoisotopic (exact) mass is 150 g/mol. The van der Waals surface area contributed by atoms with E-state index in [1.54, 1.807) is 0 Å². The van der Waals surface area contributed by atoms with Gasteiger partial charge in [-0.15, -0.1) is 0 Å². The van der Waals surface area contributed by atoms with E-state index in [1.807, 2.05) is 0 Å². The lowest BCUT2D eigenvalue weighted by Crippen LogP contribution is -2.22. The second-order valence-corrected chi connectivity index (χ2v) is 2.53. The van der Waals surface area contributed by atoms with Crippen molar-refractivity contribution in [2.75, 3.05) is 6.54 Å². The molecule has 0 aliphatic carbocycles. The number of aromatic nitrogens is 2. The fraction of sp³-hybridized carbons (Fsp3) is 0.429. The summed E-state index contributed by atoms with van der Waals surface area (Å²) < 4.78 is 0. The molecule has 1 aliphatic heterocycles. The molecule has 0 atom stereocenters. The van der Waals surface area contributed by atoms with Gasteiger partial charge < -0.3 is 10.3 Å². The number of carbonyl (C=O) groups excluding carboxylic acids is 1. The first kappa shape index (κ1) is 6.39. The zero-order valence-electron chi connectivity index (χ0n) is 5.98. The summed E-state index contributed by atoms with van der Waals surface area (Å²) in [6, 6.07) is 0. The molecule has 1 aromatic rings. The third-order valence-corrected chi connectivity index (χ3v) is 1.76. The number of nitrogens with one attached hydrogen (secondary N) is 2. The minimum absolute atomic E-state index is 0.0637. The maximum Gasteiger partial charge on any atom is 0.269 e. The normalized spacial score (nSPS) is 16.9. The lowest BCUT2D eigenvalue weighted by Gasteiger charge is -1.95. The molecule has 4 heteroatoms. The van der Waals surface area contributed by atoms with E-state index in [0.29, 0.717) is 5.69 Å². The van der Waals surface area contributed by atoms with Crippen LogP contribution in [-0.2, 0) is 6.42 Å². The van der Waals surface area contributed by atoms with E-state index < -0.39 is 0 Å². The van der Waals surface area contributed by atoms with Crippen LogP contribution >= 0.6 is 0 Å². The van der Waals surface area contributed by atoms with E-state index in [1.165, 1.54) is 0 Å². The molecular formula is C7H8N3O. The van der Waals surface area contributed by atoms with Crippen LogP contribution in [0.15, 0.2) is 0 Å². The molecule has 0 unspecified atom stereocenters. The van der Waals surface area contributed by atoms with Gasteiger partial charge in [0.05, 0.1) is 5.69 Å². The molecule has 57 valence electrons. The second-order valence-electron chi connectivity index (χ2n) is 2.53. The number of nitrogens with zero attached hydrogens (tertiary/aromatic N) is 1. The molecule has 1 aromatic heterocycles. The van der Waals surface area contributed by atoms with Crippen molar-refractivity contribution in [3.05, 3.63) is 17.7 Å². The molecule has 1 radical (unpaired) electrons. The summed E-state index contributed by atoms with van der Waals surface area (Å²) in [5.41, 5.74) is 1.41. The van der Waals surface area contributed by atoms with Gasteiger partial charge in [0.15, 0.2) is 6.33 Å². The highest BCUT2D eigenvalue weighted by molar-refractivity contribution is 5.93. The third kappa shape index (κ3) is 1.00. The van der Waals surface area contributed by atoms with E-state index in [0.717, 1.165) is 25.1 Å². The summed E-state index contributed by atoms with van der Waals surface area (Å²) in [7, 11) is 0. The highest BCUT2D eigenvalue weighted by Crippen LogP contribution is 2.07. The van der Waals surface area contributed by atoms with Crippen molar-refractivity contribution in [3.8, 4) is 0 Å². The lowest BCUT2D eigenvalue weighted by molar-refractivity contribution is 0.0951. The van der Waals surface area contributed by atoms with Crippen molar-refractivity contribution < 1.29 is 4.79 Å². The van der Waals surface area contributed by atoms with E-state index >= 15 is 0 Å². The fourth-order valence-electron chi connectivity index (χ4n) is 1.19. The zero-order valence-corrected chi connectivity index (χ0v) is 5.98. The minimum atomic E-state index is -0.0637. The van der Waals surface area contributed by atoms with Gasteiger partial charge in [-0.05, 0) is 12.8 Å². The van der Waals surface area contributed by atoms with E-state index in [2.05, 4.69) is 21.6 Å². The van der Waals surface area contributed by atoms with E-state index in [4.69, 9.17) is 0 Å². The molecule has 2 rings (SSSR count). The molecular weight excluding hydrogens is 142 g/mol. The van der Waals surface area contributed by atoms with Crippen LogP contribution in [0, 0.1) is 6.33 Å². The second kappa shape index (κ2) is 2.38. The first-order valence-electron chi connectivity index (χ1n) is 3.61. The quantitative estimate of drug-likeness (QED) is 0.542. The van der Waals surface area contributed by atoms with Crippen LogP contribution in [0.4, 0.5) is 0 Å². The minimum Gasteiger partial charge on any atom is -0.351 e. The van der Waals surface area contributed by atoms with E-state index in [-0.39, 0.29) is 5.91 Å². The first-order valence-corrected chi connectivity index (χ1v) is 3.61. The Morgan fingerprint density at radius 3 is 3.36 bits per heavy atom. The summed E-state index contributed by atoms with van der Waals surface area (Å²) in [5, 5.41) is 2.76. The first-order chi connectivity index (χ1) is 5.38. The largest absolute Gasteiger partial charge is 0.351 e. The van der Waals surface area contributed by atoms with Crippen LogP contribution < -0.4 is 5.32 Å². The number of imidazole rings is 1. The average molecular weight is 150 g/mol. The molecule has 1 aliphatic rings. The number of amides is 1. The van der Waals surface area contributed by atoms with Gasteiger partial charge in [0.1, 0.15) is 5.69 Å². The summed E-state index contributed by atoms with van der Waals surface area (Å²) in [6.45, 7) is 0.739. The molecule has 2 N–H and O–H groups in total. The van der Waals surface area contributed by atoms with Crippen LogP contribution in [0.1, 0.15) is 22.6 Å². The standard InChI is InChI=1S/C7H8N3O/c11-7-6-5(9-4-10-6)2-1-3-8-7/h1-3H2,(H,8,11)(H,9,10). The smallest absolute Gasteiger partial charge is 0.269 e. The van der Waals surface area contributed by atoms with Crippen molar-refractivity contribution >= 4 is 5.91 Å². The van der Waals surface area contributed by atoms with Gasteiger partial charge in [-0.25, -0.2) is 4.98 Å². The highest BCUT2D eigenvalue weighted by atomic mass is 16.1. The number of aromatic amines is 1. The SMILES string of the molecule is O=C1NCCCc2n[c][nH]c21. The number of fused-ring (bicyclic) bond motifs is 1. The molecule has 1 amide bonds. The van der Waals surface area contributed by atoms with Gasteiger partial charge in [0, 0.05) is 6.54 Å². The van der Waals surface area contributed by atoms with Gasteiger partial charge >= 0.3 is 0 Å². The molecule has 0 saturated carbocycles. The Morgan fingerprint density at radius 1 is 1.55 bits per heavy atom. The Kier molecular flexibility index (Phi) is 1.38. The molecule has 0 saturated heterocycles. The van der Waals surface area contributed by atoms with Crippen molar-refractivity contribution in [1.29, 1.82) is 0 Å². The predicted octanol–water partition coefficient (Wildman–Crippen LogP) is -0.114. The topological polar surface area (TPSA) is 57.8 Å². The van der Waals surface area contributed by atoms with Gasteiger partial charge in [-0.1, -0.05) is 0 Å². The van der Waals surface area contributed by atoms with Crippen LogP contribution in [-0.4, -0.2) is 22.4 Å². The van der Waals surface area contributed by atoms with Gasteiger partial charge in [0.2, 0.25) is 0 Å². The van der Waals surface area contributed by atoms with Crippen molar-refractivity contribution in [2.45, 2.75) is 12.8 Å². The van der Waals surface area contributed by atoms with Crippen molar-refractivity contribution in [2.24, 2.45) is 0 Å². The Morgan fingerprint density at radius 2 is 2.45 bits per heavy atom. The lowest BCUT2D eigenvalue weighted by atomic mass is 10.2. The molecule has 0 aromatic carbocycles. The molecule has 0 spiro atoms. The average Bonchev–Trinajstić information content (AvgIpc) is 2.40. The van der Waals surface area contributed by atoms with Crippen LogP contribution in [0.2, 0.25) is 0 Å². The molecule has 2 heterocycles. The molecule has 11 heavy (non-hydrogen) atoms. The van der Waals surface area contributed by atoms with Crippen molar-refractivity contribution in [1.82, 2.24) is 15.3 Å². The fourth-order valence-corrected chi connectivity index (χ4v) is 1.19. The number of H-pyrrole nitrogens is 1. The number of aryl methyl sites for hydroxylation is 1. The van der Waals surface area contributed by atoms with Crippen LogP contribution in [0.25, 0.3) is 0 Å².